The number of aromatic hydroxyl groups is 1. The number of piperidine rings is 1. The van der Waals surface area contributed by atoms with E-state index in [1.54, 1.807) is 12.1 Å². The summed E-state index contributed by atoms with van der Waals surface area (Å²) in [7, 11) is 1.96. The zero-order valence-corrected chi connectivity index (χ0v) is 23.5. The summed E-state index contributed by atoms with van der Waals surface area (Å²) < 4.78 is 21.6. The van der Waals surface area contributed by atoms with E-state index in [0.29, 0.717) is 19.4 Å². The summed E-state index contributed by atoms with van der Waals surface area (Å²) in [6, 6.07) is 3.20. The minimum absolute atomic E-state index is 0.0608. The van der Waals surface area contributed by atoms with Gasteiger partial charge in [-0.15, -0.1) is 0 Å². The number of hydrogen-bond acceptors (Lipinski definition) is 12. The monoisotopic (exact) mass is 587 g/mol. The van der Waals surface area contributed by atoms with Crippen LogP contribution in [0.1, 0.15) is 57.1 Å². The standard InChI is InChI=1S/C29H33NO12/c1-14(31)12-19(26(35)36)41-27(37)15(2)39-21(33)6-7-22(34)40-18-8-9-29(38)20-13-16-4-5-17(32)24-23(16)28(29,25(18)42-24)10-11-30(20)3/h4-5,8,15,19-20,25,32,38H,6-7,9-13H2,1-3H3,(H,35,36)/t15-,19+,20+,25-,28-,29+/m0/s1. The van der Waals surface area contributed by atoms with Gasteiger partial charge in [0, 0.05) is 18.0 Å². The maximum Gasteiger partial charge on any atom is 0.348 e. The maximum absolute atomic E-state index is 12.8. The van der Waals surface area contributed by atoms with Crippen molar-refractivity contribution in [1.82, 2.24) is 4.90 Å². The molecule has 3 N–H and O–H groups in total. The Bertz CT molecular complexity index is 1390. The number of aliphatic carboxylic acids is 1. The van der Waals surface area contributed by atoms with Crippen molar-refractivity contribution in [1.29, 1.82) is 0 Å². The van der Waals surface area contributed by atoms with Crippen LogP contribution in [0.15, 0.2) is 24.0 Å². The average molecular weight is 588 g/mol. The molecule has 5 rings (SSSR count). The smallest absolute Gasteiger partial charge is 0.348 e. The molecule has 13 nitrogen and oxygen atoms in total. The SMILES string of the molecule is CC(=O)C[C@@H](OC(=O)[C@H](C)OC(=O)CCC(=O)OC1=CC[C@@]2(O)[C@H]3Cc4ccc(O)c5c4[C@@]2(CCN3C)[C@H]1O5)C(=O)O. The number of ketones is 1. The lowest BCUT2D eigenvalue weighted by Crippen LogP contribution is -2.74. The van der Waals surface area contributed by atoms with Crippen molar-refractivity contribution in [3.63, 3.8) is 0 Å². The van der Waals surface area contributed by atoms with Gasteiger partial charge in [-0.05, 0) is 58.0 Å². The normalized spacial score (nSPS) is 28.3. The van der Waals surface area contributed by atoms with Crippen molar-refractivity contribution in [2.24, 2.45) is 0 Å². The molecule has 2 aliphatic carbocycles. The van der Waals surface area contributed by atoms with E-state index in [2.05, 4.69) is 4.90 Å². The number of likely N-dealkylation sites (N-methyl/N-ethyl adjacent to an activating group) is 1. The molecule has 0 unspecified atom stereocenters. The van der Waals surface area contributed by atoms with Gasteiger partial charge in [0.15, 0.2) is 23.7 Å². The lowest BCUT2D eigenvalue weighted by molar-refractivity contribution is -0.177. The molecule has 0 aromatic heterocycles. The summed E-state index contributed by atoms with van der Waals surface area (Å²) in [4.78, 5) is 61.8. The second-order valence-electron chi connectivity index (χ2n) is 11.4. The van der Waals surface area contributed by atoms with Crippen molar-refractivity contribution in [2.75, 3.05) is 13.6 Å². The number of carbonyl (C=O) groups excluding carboxylic acids is 4. The quantitative estimate of drug-likeness (QED) is 0.259. The van der Waals surface area contributed by atoms with Gasteiger partial charge < -0.3 is 39.2 Å². The molecule has 1 aromatic rings. The minimum atomic E-state index is -1.71. The number of phenols is 1. The fourth-order valence-corrected chi connectivity index (χ4v) is 6.80. The molecule has 1 aromatic carbocycles. The van der Waals surface area contributed by atoms with Gasteiger partial charge in [0.05, 0.1) is 30.3 Å². The van der Waals surface area contributed by atoms with Crippen LogP contribution in [0.25, 0.3) is 0 Å². The molecule has 1 spiro atoms. The Morgan fingerprint density at radius 2 is 1.86 bits per heavy atom. The summed E-state index contributed by atoms with van der Waals surface area (Å²) in [6.45, 7) is 2.99. The molecule has 2 heterocycles. The summed E-state index contributed by atoms with van der Waals surface area (Å²) in [5.41, 5.74) is -0.434. The predicted octanol–water partition coefficient (Wildman–Crippen LogP) is 0.900. The molecule has 226 valence electrons. The number of nitrogens with zero attached hydrogens (tertiary/aromatic N) is 1. The van der Waals surface area contributed by atoms with E-state index in [1.165, 1.54) is 6.92 Å². The minimum Gasteiger partial charge on any atom is -0.504 e. The van der Waals surface area contributed by atoms with Crippen molar-refractivity contribution in [2.45, 2.75) is 87.7 Å². The van der Waals surface area contributed by atoms with Crippen LogP contribution < -0.4 is 4.74 Å². The molecular weight excluding hydrogens is 554 g/mol. The lowest BCUT2D eigenvalue weighted by Gasteiger charge is -2.61. The predicted molar refractivity (Wildman–Crippen MR) is 140 cm³/mol. The van der Waals surface area contributed by atoms with Crippen LogP contribution in [0, 0.1) is 0 Å². The van der Waals surface area contributed by atoms with Crippen molar-refractivity contribution < 1.29 is 58.2 Å². The highest BCUT2D eigenvalue weighted by Crippen LogP contribution is 2.65. The van der Waals surface area contributed by atoms with E-state index in [0.717, 1.165) is 18.1 Å². The Morgan fingerprint density at radius 1 is 1.14 bits per heavy atom. The van der Waals surface area contributed by atoms with Crippen molar-refractivity contribution in [3.05, 3.63) is 35.1 Å². The van der Waals surface area contributed by atoms with Crippen molar-refractivity contribution >= 4 is 29.7 Å². The average Bonchev–Trinajstić information content (AvgIpc) is 3.28. The van der Waals surface area contributed by atoms with Crippen LogP contribution in [-0.4, -0.2) is 93.4 Å². The number of likely N-dealkylation sites (tertiary alicyclic amines) is 1. The van der Waals surface area contributed by atoms with Crippen LogP contribution in [0.5, 0.6) is 11.5 Å². The van der Waals surface area contributed by atoms with Crippen molar-refractivity contribution in [3.8, 4) is 11.5 Å². The number of benzene rings is 1. The highest BCUT2D eigenvalue weighted by atomic mass is 16.6. The third kappa shape index (κ3) is 4.70. The van der Waals surface area contributed by atoms with E-state index in [-0.39, 0.29) is 29.7 Å². The van der Waals surface area contributed by atoms with Crippen LogP contribution in [0.3, 0.4) is 0 Å². The number of hydrogen-bond donors (Lipinski definition) is 3. The Balaban J connectivity index is 1.23. The molecule has 0 saturated carbocycles. The second kappa shape index (κ2) is 10.7. The first kappa shape index (κ1) is 29.5. The highest BCUT2D eigenvalue weighted by molar-refractivity contribution is 5.87. The molecule has 1 fully saturated rings. The van der Waals surface area contributed by atoms with E-state index in [9.17, 15) is 34.2 Å². The summed E-state index contributed by atoms with van der Waals surface area (Å²) in [5, 5.41) is 31.8. The number of esters is 3. The number of ether oxygens (including phenoxy) is 4. The number of rotatable bonds is 10. The van der Waals surface area contributed by atoms with Gasteiger partial charge in [-0.1, -0.05) is 6.07 Å². The molecule has 2 aliphatic heterocycles. The van der Waals surface area contributed by atoms with E-state index in [1.807, 2.05) is 13.1 Å². The molecule has 6 atom stereocenters. The molecular formula is C29H33NO12. The fourth-order valence-electron chi connectivity index (χ4n) is 6.80. The van der Waals surface area contributed by atoms with Gasteiger partial charge in [-0.2, -0.15) is 0 Å². The number of Topliss-reactive ketones (excluding diaryl/α,β-unsaturated/α-hetero) is 1. The Labute approximate surface area is 241 Å². The Kier molecular flexibility index (Phi) is 7.52. The summed E-state index contributed by atoms with van der Waals surface area (Å²) >= 11 is 0. The van der Waals surface area contributed by atoms with Crippen LogP contribution >= 0.6 is 0 Å². The Morgan fingerprint density at radius 3 is 2.55 bits per heavy atom. The molecule has 1 saturated heterocycles. The maximum atomic E-state index is 12.8. The molecule has 0 radical (unpaired) electrons. The lowest BCUT2D eigenvalue weighted by atomic mass is 9.50. The van der Waals surface area contributed by atoms with Gasteiger partial charge in [-0.3, -0.25) is 14.4 Å². The fraction of sp³-hybridized carbons (Fsp3) is 0.552. The summed E-state index contributed by atoms with van der Waals surface area (Å²) in [5.74, 6) is -4.46. The van der Waals surface area contributed by atoms with Gasteiger partial charge in [0.1, 0.15) is 11.5 Å². The first-order chi connectivity index (χ1) is 19.8. The Hall–Kier alpha value is -3.97. The first-order valence-electron chi connectivity index (χ1n) is 13.8. The number of carboxylic acids is 1. The second-order valence-corrected chi connectivity index (χ2v) is 11.4. The zero-order chi connectivity index (χ0) is 30.6. The van der Waals surface area contributed by atoms with Crippen LogP contribution in [0.2, 0.25) is 0 Å². The molecule has 42 heavy (non-hydrogen) atoms. The first-order valence-corrected chi connectivity index (χ1v) is 13.8. The van der Waals surface area contributed by atoms with Gasteiger partial charge in [0.2, 0.25) is 6.10 Å². The number of aliphatic hydroxyl groups is 1. The molecule has 13 heteroatoms. The molecule has 0 amide bonds. The summed E-state index contributed by atoms with van der Waals surface area (Å²) in [6.07, 6.45) is -2.52. The zero-order valence-electron chi connectivity index (χ0n) is 23.5. The van der Waals surface area contributed by atoms with Gasteiger partial charge >= 0.3 is 23.9 Å². The topological polar surface area (TPSA) is 186 Å². The highest BCUT2D eigenvalue weighted by Gasteiger charge is 2.72. The van der Waals surface area contributed by atoms with E-state index in [4.69, 9.17) is 24.1 Å². The van der Waals surface area contributed by atoms with E-state index >= 15 is 0 Å². The third-order valence-corrected chi connectivity index (χ3v) is 8.77. The van der Waals surface area contributed by atoms with Crippen LogP contribution in [0.4, 0.5) is 0 Å². The van der Waals surface area contributed by atoms with E-state index < -0.39 is 78.3 Å². The molecule has 2 bridgehead atoms. The van der Waals surface area contributed by atoms with Gasteiger partial charge in [-0.25, -0.2) is 9.59 Å². The number of carbonyl (C=O) groups is 5. The number of carboxylic acid groups (broad SMARTS) is 1. The third-order valence-electron chi connectivity index (χ3n) is 8.77. The number of phenolic OH excluding ortho intramolecular Hbond substituents is 1. The largest absolute Gasteiger partial charge is 0.504 e. The molecule has 4 aliphatic rings. The van der Waals surface area contributed by atoms with Crippen LogP contribution in [-0.2, 0) is 50.0 Å². The van der Waals surface area contributed by atoms with Gasteiger partial charge in [0.25, 0.3) is 0 Å².